The van der Waals surface area contributed by atoms with E-state index in [0.29, 0.717) is 12.2 Å². The van der Waals surface area contributed by atoms with Gasteiger partial charge in [-0.15, -0.1) is 0 Å². The number of alkyl carbamates (subject to hydrolysis) is 1. The van der Waals surface area contributed by atoms with Crippen LogP contribution in [0.1, 0.15) is 39.2 Å². The first-order chi connectivity index (χ1) is 13.7. The summed E-state index contributed by atoms with van der Waals surface area (Å²) in [5.74, 6) is -0.390. The molecule has 1 heterocycles. The number of likely N-dealkylation sites (tertiary alicyclic amines) is 1. The number of nitrogens with one attached hydrogen (secondary N) is 2. The van der Waals surface area contributed by atoms with Gasteiger partial charge in [0.1, 0.15) is 18.8 Å². The molecule has 0 aliphatic carbocycles. The molecular formula is C20H29N3O6. The van der Waals surface area contributed by atoms with Gasteiger partial charge in [0.15, 0.2) is 0 Å². The fraction of sp³-hybridized carbons (Fsp3) is 0.550. The van der Waals surface area contributed by atoms with E-state index < -0.39 is 17.8 Å². The van der Waals surface area contributed by atoms with Crippen LogP contribution in [0.2, 0.25) is 0 Å². The molecule has 29 heavy (non-hydrogen) atoms. The zero-order valence-electron chi connectivity index (χ0n) is 17.1. The van der Waals surface area contributed by atoms with Crippen molar-refractivity contribution in [3.8, 4) is 0 Å². The fourth-order valence-corrected chi connectivity index (χ4v) is 2.85. The predicted molar refractivity (Wildman–Crippen MR) is 106 cm³/mol. The van der Waals surface area contributed by atoms with Gasteiger partial charge >= 0.3 is 12.2 Å². The van der Waals surface area contributed by atoms with E-state index in [1.165, 1.54) is 0 Å². The Morgan fingerprint density at radius 2 is 1.90 bits per heavy atom. The summed E-state index contributed by atoms with van der Waals surface area (Å²) in [5, 5.41) is 14.3. The molecule has 0 spiro atoms. The van der Waals surface area contributed by atoms with E-state index in [1.807, 2.05) is 0 Å². The molecule has 160 valence electrons. The van der Waals surface area contributed by atoms with E-state index in [9.17, 15) is 19.5 Å². The maximum atomic E-state index is 12.1. The van der Waals surface area contributed by atoms with Crippen molar-refractivity contribution in [2.24, 2.45) is 0 Å². The molecule has 1 aromatic rings. The molecule has 9 nitrogen and oxygen atoms in total. The molecule has 1 aliphatic rings. The van der Waals surface area contributed by atoms with Crippen LogP contribution in [0.25, 0.3) is 0 Å². The lowest BCUT2D eigenvalue weighted by Crippen LogP contribution is -2.37. The van der Waals surface area contributed by atoms with Crippen LogP contribution in [0.4, 0.5) is 15.3 Å². The van der Waals surface area contributed by atoms with Gasteiger partial charge in [0.25, 0.3) is 0 Å². The first kappa shape index (κ1) is 22.5. The Balaban J connectivity index is 1.74. The number of nitrogens with zero attached hydrogens (tertiary/aromatic N) is 1. The van der Waals surface area contributed by atoms with Crippen molar-refractivity contribution in [1.29, 1.82) is 0 Å². The largest absolute Gasteiger partial charge is 0.445 e. The van der Waals surface area contributed by atoms with Crippen molar-refractivity contribution >= 4 is 23.8 Å². The van der Waals surface area contributed by atoms with Gasteiger partial charge in [-0.3, -0.25) is 4.79 Å². The molecule has 1 aromatic carbocycles. The van der Waals surface area contributed by atoms with Crippen LogP contribution in [0, 0.1) is 0 Å². The van der Waals surface area contributed by atoms with Crippen LogP contribution >= 0.6 is 0 Å². The Hall–Kier alpha value is -2.81. The maximum absolute atomic E-state index is 12.1. The molecule has 3 amide bonds. The molecule has 1 atom stereocenters. The molecule has 3 N–H and O–H groups in total. The SMILES string of the molecule is CC(C)(C)OC(=O)NCC(=O)Nc1ccc(COC(=O)N2CCC[C@H]2CO)cc1. The zero-order valence-corrected chi connectivity index (χ0v) is 17.1. The van der Waals surface area contributed by atoms with Gasteiger partial charge in [-0.05, 0) is 51.3 Å². The van der Waals surface area contributed by atoms with E-state index in [2.05, 4.69) is 10.6 Å². The zero-order chi connectivity index (χ0) is 21.4. The third-order valence-corrected chi connectivity index (χ3v) is 4.21. The normalized spacial score (nSPS) is 16.3. The van der Waals surface area contributed by atoms with Crippen molar-refractivity contribution in [1.82, 2.24) is 10.2 Å². The van der Waals surface area contributed by atoms with Gasteiger partial charge in [-0.25, -0.2) is 9.59 Å². The van der Waals surface area contributed by atoms with E-state index >= 15 is 0 Å². The van der Waals surface area contributed by atoms with Gasteiger partial charge < -0.3 is 30.1 Å². The monoisotopic (exact) mass is 407 g/mol. The van der Waals surface area contributed by atoms with Crippen molar-refractivity contribution < 1.29 is 29.0 Å². The molecule has 0 radical (unpaired) electrons. The molecular weight excluding hydrogens is 378 g/mol. The minimum atomic E-state index is -0.661. The number of carbonyl (C=O) groups is 3. The molecule has 0 aromatic heterocycles. The average molecular weight is 407 g/mol. The van der Waals surface area contributed by atoms with Crippen molar-refractivity contribution in [3.05, 3.63) is 29.8 Å². The molecule has 0 saturated carbocycles. The van der Waals surface area contributed by atoms with Gasteiger partial charge in [0, 0.05) is 12.2 Å². The number of benzene rings is 1. The van der Waals surface area contributed by atoms with Gasteiger partial charge in [-0.1, -0.05) is 12.1 Å². The second-order valence-electron chi connectivity index (χ2n) is 7.83. The highest BCUT2D eigenvalue weighted by Crippen LogP contribution is 2.18. The minimum Gasteiger partial charge on any atom is -0.445 e. The summed E-state index contributed by atoms with van der Waals surface area (Å²) in [6, 6.07) is 6.66. The molecule has 2 rings (SSSR count). The topological polar surface area (TPSA) is 117 Å². The lowest BCUT2D eigenvalue weighted by atomic mass is 10.2. The summed E-state index contributed by atoms with van der Waals surface area (Å²) in [5.41, 5.74) is 0.687. The Labute approximate surface area is 170 Å². The molecule has 0 bridgehead atoms. The fourth-order valence-electron chi connectivity index (χ4n) is 2.85. The second kappa shape index (κ2) is 10.1. The Kier molecular flexibility index (Phi) is 7.83. The summed E-state index contributed by atoms with van der Waals surface area (Å²) in [4.78, 5) is 37.1. The first-order valence-electron chi connectivity index (χ1n) is 9.58. The highest BCUT2D eigenvalue weighted by Gasteiger charge is 2.29. The summed E-state index contributed by atoms with van der Waals surface area (Å²) >= 11 is 0. The summed E-state index contributed by atoms with van der Waals surface area (Å²) in [7, 11) is 0. The Morgan fingerprint density at radius 1 is 1.21 bits per heavy atom. The molecule has 0 unspecified atom stereocenters. The third-order valence-electron chi connectivity index (χ3n) is 4.21. The number of hydrogen-bond donors (Lipinski definition) is 3. The minimum absolute atomic E-state index is 0.0632. The number of anilines is 1. The number of hydrogen-bond acceptors (Lipinski definition) is 6. The van der Waals surface area contributed by atoms with E-state index in [0.717, 1.165) is 18.4 Å². The predicted octanol–water partition coefficient (Wildman–Crippen LogP) is 2.24. The summed E-state index contributed by atoms with van der Waals surface area (Å²) in [6.45, 7) is 5.63. The Morgan fingerprint density at radius 3 is 2.52 bits per heavy atom. The lowest BCUT2D eigenvalue weighted by molar-refractivity contribution is -0.115. The number of aliphatic hydroxyl groups excluding tert-OH is 1. The van der Waals surface area contributed by atoms with Crippen molar-refractivity contribution in [3.63, 3.8) is 0 Å². The smallest absolute Gasteiger partial charge is 0.410 e. The maximum Gasteiger partial charge on any atom is 0.410 e. The van der Waals surface area contributed by atoms with Crippen molar-refractivity contribution in [2.45, 2.75) is 51.9 Å². The Bertz CT molecular complexity index is 714. The lowest BCUT2D eigenvalue weighted by Gasteiger charge is -2.22. The van der Waals surface area contributed by atoms with Crippen LogP contribution in [0.5, 0.6) is 0 Å². The number of ether oxygens (including phenoxy) is 2. The number of rotatable bonds is 6. The van der Waals surface area contributed by atoms with Gasteiger partial charge in [-0.2, -0.15) is 0 Å². The van der Waals surface area contributed by atoms with E-state index in [-0.39, 0.29) is 31.7 Å². The van der Waals surface area contributed by atoms with Gasteiger partial charge in [0.05, 0.1) is 12.6 Å². The standard InChI is InChI=1S/C20H29N3O6/c1-20(2,3)29-18(26)21-11-17(25)22-15-8-6-14(7-9-15)13-28-19(27)23-10-4-5-16(23)12-24/h6-9,16,24H,4-5,10-13H2,1-3H3,(H,21,26)(H,22,25)/t16-/m0/s1. The van der Waals surface area contributed by atoms with Crippen molar-refractivity contribution in [2.75, 3.05) is 25.0 Å². The van der Waals surface area contributed by atoms with Crippen LogP contribution in [-0.2, 0) is 20.9 Å². The van der Waals surface area contributed by atoms with Crippen LogP contribution in [0.3, 0.4) is 0 Å². The molecule has 1 saturated heterocycles. The molecule has 1 fully saturated rings. The first-order valence-corrected chi connectivity index (χ1v) is 9.58. The molecule has 9 heteroatoms. The number of carbonyl (C=O) groups excluding carboxylic acids is 3. The second-order valence-corrected chi connectivity index (χ2v) is 7.83. The average Bonchev–Trinajstić information content (AvgIpc) is 3.13. The highest BCUT2D eigenvalue weighted by atomic mass is 16.6. The van der Waals surface area contributed by atoms with Crippen LogP contribution < -0.4 is 10.6 Å². The van der Waals surface area contributed by atoms with Crippen LogP contribution in [0.15, 0.2) is 24.3 Å². The van der Waals surface area contributed by atoms with Crippen LogP contribution in [-0.4, -0.2) is 59.4 Å². The quantitative estimate of drug-likeness (QED) is 0.666. The highest BCUT2D eigenvalue weighted by molar-refractivity contribution is 5.93. The summed E-state index contributed by atoms with van der Waals surface area (Å²) in [6.07, 6.45) is 0.540. The third kappa shape index (κ3) is 7.61. The molecule has 1 aliphatic heterocycles. The van der Waals surface area contributed by atoms with E-state index in [1.54, 1.807) is 49.9 Å². The number of amides is 3. The van der Waals surface area contributed by atoms with Gasteiger partial charge in [0.2, 0.25) is 5.91 Å². The number of aliphatic hydroxyl groups is 1. The van der Waals surface area contributed by atoms with E-state index in [4.69, 9.17) is 9.47 Å². The summed E-state index contributed by atoms with van der Waals surface area (Å²) < 4.78 is 10.4.